The van der Waals surface area contributed by atoms with Gasteiger partial charge in [-0.2, -0.15) is 5.10 Å². The van der Waals surface area contributed by atoms with Crippen LogP contribution in [0.25, 0.3) is 5.52 Å². The number of aromatic nitrogens is 3. The second-order valence-corrected chi connectivity index (χ2v) is 5.39. The van der Waals surface area contributed by atoms with Crippen molar-refractivity contribution in [1.82, 2.24) is 14.6 Å². The Kier molecular flexibility index (Phi) is 3.52. The van der Waals surface area contributed by atoms with Crippen LogP contribution >= 0.6 is 0 Å². The van der Waals surface area contributed by atoms with Gasteiger partial charge in [0, 0.05) is 31.0 Å². The van der Waals surface area contributed by atoms with Gasteiger partial charge in [-0.25, -0.2) is 9.50 Å². The summed E-state index contributed by atoms with van der Waals surface area (Å²) in [6, 6.07) is 2.06. The normalized spacial score (nSPS) is 12.0. The van der Waals surface area contributed by atoms with E-state index in [1.54, 1.807) is 6.20 Å². The van der Waals surface area contributed by atoms with Crippen molar-refractivity contribution in [2.75, 3.05) is 18.5 Å². The third-order valence-electron chi connectivity index (χ3n) is 2.79. The Labute approximate surface area is 107 Å². The molecule has 0 aliphatic rings. The zero-order valence-electron chi connectivity index (χ0n) is 11.1. The van der Waals surface area contributed by atoms with Crippen molar-refractivity contribution in [2.24, 2.45) is 0 Å². The summed E-state index contributed by atoms with van der Waals surface area (Å²) in [4.78, 5) is 4.32. The lowest BCUT2D eigenvalue weighted by Crippen LogP contribution is -2.11. The molecule has 5 heteroatoms. The molecule has 2 aromatic heterocycles. The average Bonchev–Trinajstić information content (AvgIpc) is 2.73. The fourth-order valence-corrected chi connectivity index (χ4v) is 1.71. The fourth-order valence-electron chi connectivity index (χ4n) is 1.71. The van der Waals surface area contributed by atoms with Crippen molar-refractivity contribution in [3.63, 3.8) is 0 Å². The summed E-state index contributed by atoms with van der Waals surface area (Å²) < 4.78 is 1.84. The van der Waals surface area contributed by atoms with Crippen molar-refractivity contribution in [3.05, 3.63) is 24.2 Å². The molecule has 2 rings (SSSR count). The minimum atomic E-state index is 0.0222. The van der Waals surface area contributed by atoms with Crippen molar-refractivity contribution in [2.45, 2.75) is 32.6 Å². The maximum atomic E-state index is 8.79. The smallest absolute Gasteiger partial charge is 0.152 e. The summed E-state index contributed by atoms with van der Waals surface area (Å²) >= 11 is 0. The molecule has 5 nitrogen and oxygen atoms in total. The number of aliphatic hydroxyl groups excluding tert-OH is 1. The maximum absolute atomic E-state index is 8.79. The van der Waals surface area contributed by atoms with Gasteiger partial charge in [0.25, 0.3) is 0 Å². The zero-order chi connectivity index (χ0) is 13.2. The maximum Gasteiger partial charge on any atom is 0.152 e. The van der Waals surface area contributed by atoms with Crippen LogP contribution in [0.4, 0.5) is 5.82 Å². The van der Waals surface area contributed by atoms with Crippen molar-refractivity contribution < 1.29 is 5.11 Å². The molecule has 98 valence electrons. The van der Waals surface area contributed by atoms with Crippen LogP contribution in [0.1, 0.15) is 32.9 Å². The average molecular weight is 248 g/mol. The van der Waals surface area contributed by atoms with Crippen LogP contribution in [0.5, 0.6) is 0 Å². The molecule has 0 saturated carbocycles. The molecule has 2 N–H and O–H groups in total. The first-order chi connectivity index (χ1) is 8.52. The third-order valence-corrected chi connectivity index (χ3v) is 2.79. The summed E-state index contributed by atoms with van der Waals surface area (Å²) in [5, 5.41) is 16.6. The molecule has 0 spiro atoms. The number of hydrogen-bond donors (Lipinski definition) is 2. The van der Waals surface area contributed by atoms with Gasteiger partial charge in [0.1, 0.15) is 5.52 Å². The molecule has 2 aromatic rings. The second-order valence-electron chi connectivity index (χ2n) is 5.39. The molecule has 0 unspecified atom stereocenters. The molecule has 0 amide bonds. The molecular weight excluding hydrogens is 228 g/mol. The lowest BCUT2D eigenvalue weighted by Gasteiger charge is -2.13. The highest BCUT2D eigenvalue weighted by molar-refractivity contribution is 5.68. The molecule has 0 saturated heterocycles. The van der Waals surface area contributed by atoms with Crippen LogP contribution in [0.15, 0.2) is 18.5 Å². The monoisotopic (exact) mass is 248 g/mol. The van der Waals surface area contributed by atoms with Crippen LogP contribution < -0.4 is 5.32 Å². The minimum absolute atomic E-state index is 0.0222. The van der Waals surface area contributed by atoms with E-state index in [0.717, 1.165) is 17.0 Å². The first-order valence-corrected chi connectivity index (χ1v) is 6.22. The number of nitrogens with zero attached hydrogens (tertiary/aromatic N) is 3. The number of aliphatic hydroxyl groups is 1. The Bertz CT molecular complexity index is 527. The fraction of sp³-hybridized carbons (Fsp3) is 0.538. The molecule has 0 aromatic carbocycles. The Balaban J connectivity index is 2.33. The summed E-state index contributed by atoms with van der Waals surface area (Å²) in [7, 11) is 0. The molecule has 0 atom stereocenters. The summed E-state index contributed by atoms with van der Waals surface area (Å²) in [5.74, 6) is 0.814. The minimum Gasteiger partial charge on any atom is -0.396 e. The predicted molar refractivity (Wildman–Crippen MR) is 71.9 cm³/mol. The van der Waals surface area contributed by atoms with E-state index in [4.69, 9.17) is 5.11 Å². The van der Waals surface area contributed by atoms with E-state index in [0.29, 0.717) is 13.0 Å². The SMILES string of the molecule is CC(C)(C)c1cc2c(NCCCO)nccn2n1. The highest BCUT2D eigenvalue weighted by Crippen LogP contribution is 2.24. The molecular formula is C13H20N4O. The van der Waals surface area contributed by atoms with Gasteiger partial charge >= 0.3 is 0 Å². The Morgan fingerprint density at radius 2 is 2.17 bits per heavy atom. The van der Waals surface area contributed by atoms with Crippen molar-refractivity contribution in [3.8, 4) is 0 Å². The summed E-state index contributed by atoms with van der Waals surface area (Å²) in [6.07, 6.45) is 4.29. The van der Waals surface area contributed by atoms with E-state index in [2.05, 4.69) is 42.2 Å². The van der Waals surface area contributed by atoms with Gasteiger partial charge in [0.05, 0.1) is 5.69 Å². The van der Waals surface area contributed by atoms with Gasteiger partial charge in [-0.3, -0.25) is 0 Å². The lowest BCUT2D eigenvalue weighted by atomic mass is 9.92. The zero-order valence-corrected chi connectivity index (χ0v) is 11.1. The first-order valence-electron chi connectivity index (χ1n) is 6.22. The first kappa shape index (κ1) is 12.8. The van der Waals surface area contributed by atoms with E-state index in [1.165, 1.54) is 0 Å². The van der Waals surface area contributed by atoms with E-state index in [1.807, 2.05) is 10.7 Å². The Hall–Kier alpha value is -1.62. The van der Waals surface area contributed by atoms with Crippen LogP contribution in [0, 0.1) is 0 Å². The number of hydrogen-bond acceptors (Lipinski definition) is 4. The standard InChI is InChI=1S/C13H20N4O/c1-13(2,3)11-9-10-12(14-5-4-8-18)15-6-7-17(10)16-11/h6-7,9,18H,4-5,8H2,1-3H3,(H,14,15). The van der Waals surface area contributed by atoms with E-state index >= 15 is 0 Å². The van der Waals surface area contributed by atoms with Gasteiger partial charge < -0.3 is 10.4 Å². The van der Waals surface area contributed by atoms with Gasteiger partial charge in [0.15, 0.2) is 5.82 Å². The van der Waals surface area contributed by atoms with Crippen LogP contribution in [0.3, 0.4) is 0 Å². The molecule has 0 bridgehead atoms. The van der Waals surface area contributed by atoms with Gasteiger partial charge in [-0.15, -0.1) is 0 Å². The van der Waals surface area contributed by atoms with Crippen LogP contribution in [-0.4, -0.2) is 32.9 Å². The number of rotatable bonds is 4. The topological polar surface area (TPSA) is 62.5 Å². The van der Waals surface area contributed by atoms with E-state index in [-0.39, 0.29) is 12.0 Å². The summed E-state index contributed by atoms with van der Waals surface area (Å²) in [5.41, 5.74) is 2.04. The second kappa shape index (κ2) is 4.94. The molecule has 2 heterocycles. The number of anilines is 1. The quantitative estimate of drug-likeness (QED) is 0.810. The highest BCUT2D eigenvalue weighted by atomic mass is 16.3. The van der Waals surface area contributed by atoms with E-state index < -0.39 is 0 Å². The Morgan fingerprint density at radius 3 is 2.83 bits per heavy atom. The van der Waals surface area contributed by atoms with Gasteiger partial charge in [-0.05, 0) is 12.5 Å². The van der Waals surface area contributed by atoms with E-state index in [9.17, 15) is 0 Å². The highest BCUT2D eigenvalue weighted by Gasteiger charge is 2.18. The number of nitrogens with one attached hydrogen (secondary N) is 1. The molecule has 0 aliphatic carbocycles. The van der Waals surface area contributed by atoms with Crippen molar-refractivity contribution in [1.29, 1.82) is 0 Å². The molecule has 18 heavy (non-hydrogen) atoms. The van der Waals surface area contributed by atoms with Crippen LogP contribution in [0.2, 0.25) is 0 Å². The third kappa shape index (κ3) is 2.61. The van der Waals surface area contributed by atoms with Crippen molar-refractivity contribution >= 4 is 11.3 Å². The van der Waals surface area contributed by atoms with Gasteiger partial charge in [-0.1, -0.05) is 20.8 Å². The molecule has 0 fully saturated rings. The summed E-state index contributed by atoms with van der Waals surface area (Å²) in [6.45, 7) is 7.31. The number of fused-ring (bicyclic) bond motifs is 1. The van der Waals surface area contributed by atoms with Crippen LogP contribution in [-0.2, 0) is 5.41 Å². The van der Waals surface area contributed by atoms with Gasteiger partial charge in [0.2, 0.25) is 0 Å². The predicted octanol–water partition coefficient (Wildman–Crippen LogP) is 1.82. The Morgan fingerprint density at radius 1 is 1.39 bits per heavy atom. The molecule has 0 aliphatic heterocycles. The molecule has 0 radical (unpaired) electrons. The lowest BCUT2D eigenvalue weighted by molar-refractivity contribution is 0.292. The largest absolute Gasteiger partial charge is 0.396 e.